The molecule has 0 aromatic rings. The van der Waals surface area contributed by atoms with Crippen LogP contribution in [0.3, 0.4) is 0 Å². The Balaban J connectivity index is 1.90. The third-order valence-electron chi connectivity index (χ3n) is 2.80. The summed E-state index contributed by atoms with van der Waals surface area (Å²) in [5.74, 6) is 0.884. The Morgan fingerprint density at radius 2 is 2.15 bits per heavy atom. The van der Waals surface area contributed by atoms with E-state index < -0.39 is 4.84 Å². The second-order valence-electron chi connectivity index (χ2n) is 3.70. The third kappa shape index (κ3) is 1.84. The van der Waals surface area contributed by atoms with Gasteiger partial charge in [-0.2, -0.15) is 0 Å². The molecule has 0 spiro atoms. The summed E-state index contributed by atoms with van der Waals surface area (Å²) in [6, 6.07) is 0.252. The van der Waals surface area contributed by atoms with Crippen molar-refractivity contribution in [1.29, 1.82) is 0 Å². The molecule has 2 aliphatic rings. The Morgan fingerprint density at radius 3 is 2.62 bits per heavy atom. The van der Waals surface area contributed by atoms with Gasteiger partial charge in [-0.3, -0.25) is 4.79 Å². The van der Waals surface area contributed by atoms with Crippen molar-refractivity contribution in [2.24, 2.45) is 11.8 Å². The van der Waals surface area contributed by atoms with Crippen LogP contribution in [0.1, 0.15) is 12.8 Å². The van der Waals surface area contributed by atoms with Crippen LogP contribution in [-0.4, -0.2) is 16.8 Å². The second kappa shape index (κ2) is 3.50. The van der Waals surface area contributed by atoms with Crippen molar-refractivity contribution in [1.82, 2.24) is 5.32 Å². The number of carbonyl (C=O) groups is 1. The lowest BCUT2D eigenvalue weighted by molar-refractivity contribution is -0.120. The summed E-state index contributed by atoms with van der Waals surface area (Å²) in [4.78, 5) is 10.2. The first kappa shape index (κ1) is 9.35. The van der Waals surface area contributed by atoms with Crippen molar-refractivity contribution < 1.29 is 4.79 Å². The maximum atomic E-state index is 11.2. The van der Waals surface area contributed by atoms with E-state index in [9.17, 15) is 4.79 Å². The van der Waals surface area contributed by atoms with E-state index in [2.05, 4.69) is 17.5 Å². The molecular weight excluding hydrogens is 209 g/mol. The molecule has 0 radical (unpaired) electrons. The molecule has 0 heterocycles. The van der Waals surface area contributed by atoms with Crippen LogP contribution in [0.2, 0.25) is 0 Å². The first-order chi connectivity index (χ1) is 6.16. The highest BCUT2D eigenvalue weighted by atomic mass is 35.5. The predicted molar refractivity (Wildman–Crippen MR) is 52.8 cm³/mol. The SMILES string of the molecule is O=C(NC1CC2C=CC1C2)C(Cl)Cl. The van der Waals surface area contributed by atoms with Gasteiger partial charge in [0.25, 0.3) is 5.91 Å². The number of amides is 1. The largest absolute Gasteiger partial charge is 0.350 e. The minimum absolute atomic E-state index is 0.252. The third-order valence-corrected chi connectivity index (χ3v) is 3.20. The Hall–Kier alpha value is -0.210. The fourth-order valence-electron chi connectivity index (χ4n) is 2.19. The topological polar surface area (TPSA) is 29.1 Å². The van der Waals surface area contributed by atoms with Gasteiger partial charge in [-0.25, -0.2) is 0 Å². The fraction of sp³-hybridized carbons (Fsp3) is 0.667. The van der Waals surface area contributed by atoms with Gasteiger partial charge in [0.1, 0.15) is 0 Å². The molecule has 0 aromatic heterocycles. The first-order valence-corrected chi connectivity index (χ1v) is 5.31. The summed E-state index contributed by atoms with van der Waals surface area (Å²) in [6.45, 7) is 0. The lowest BCUT2D eigenvalue weighted by atomic mass is 10.0. The molecule has 2 rings (SSSR count). The van der Waals surface area contributed by atoms with Crippen molar-refractivity contribution in [2.75, 3.05) is 0 Å². The fourth-order valence-corrected chi connectivity index (χ4v) is 2.32. The standard InChI is InChI=1S/C9H11Cl2NO/c10-8(11)9(13)12-7-4-5-1-2-6(7)3-5/h1-2,5-8H,3-4H2,(H,12,13). The molecule has 4 heteroatoms. The molecule has 3 atom stereocenters. The van der Waals surface area contributed by atoms with E-state index in [0.29, 0.717) is 11.8 Å². The number of allylic oxidation sites excluding steroid dienone is 1. The molecule has 0 aromatic carbocycles. The monoisotopic (exact) mass is 219 g/mol. The van der Waals surface area contributed by atoms with E-state index in [1.165, 1.54) is 6.42 Å². The summed E-state index contributed by atoms with van der Waals surface area (Å²) < 4.78 is 0. The van der Waals surface area contributed by atoms with Crippen LogP contribution >= 0.6 is 23.2 Å². The summed E-state index contributed by atoms with van der Waals surface area (Å²) in [5.41, 5.74) is 0. The molecule has 2 aliphatic carbocycles. The zero-order valence-corrected chi connectivity index (χ0v) is 8.55. The molecule has 2 nitrogen and oxygen atoms in total. The average molecular weight is 220 g/mol. The zero-order chi connectivity index (χ0) is 9.42. The number of alkyl halides is 2. The molecule has 0 aliphatic heterocycles. The van der Waals surface area contributed by atoms with Gasteiger partial charge < -0.3 is 5.32 Å². The zero-order valence-electron chi connectivity index (χ0n) is 7.04. The van der Waals surface area contributed by atoms with Crippen molar-refractivity contribution >= 4 is 29.1 Å². The minimum atomic E-state index is -0.942. The highest BCUT2D eigenvalue weighted by Crippen LogP contribution is 2.38. The number of hydrogen-bond donors (Lipinski definition) is 1. The van der Waals surface area contributed by atoms with Crippen molar-refractivity contribution in [3.63, 3.8) is 0 Å². The summed E-state index contributed by atoms with van der Waals surface area (Å²) in [7, 11) is 0. The lowest BCUT2D eigenvalue weighted by Crippen LogP contribution is -2.40. The number of rotatable bonds is 2. The molecule has 1 saturated carbocycles. The van der Waals surface area contributed by atoms with Crippen LogP contribution in [-0.2, 0) is 4.79 Å². The maximum absolute atomic E-state index is 11.2. The van der Waals surface area contributed by atoms with Gasteiger partial charge in [-0.1, -0.05) is 35.4 Å². The Labute approximate surface area is 87.3 Å². The number of nitrogens with one attached hydrogen (secondary N) is 1. The average Bonchev–Trinajstić information content (AvgIpc) is 2.64. The molecule has 1 N–H and O–H groups in total. The number of fused-ring (bicyclic) bond motifs is 2. The van der Waals surface area contributed by atoms with Gasteiger partial charge in [0.15, 0.2) is 4.84 Å². The molecular formula is C9H11Cl2NO. The molecule has 3 unspecified atom stereocenters. The molecule has 72 valence electrons. The van der Waals surface area contributed by atoms with Crippen LogP contribution in [0.4, 0.5) is 0 Å². The van der Waals surface area contributed by atoms with Crippen LogP contribution < -0.4 is 5.32 Å². The van der Waals surface area contributed by atoms with Gasteiger partial charge in [-0.15, -0.1) is 0 Å². The Kier molecular flexibility index (Phi) is 2.52. The summed E-state index contributed by atoms with van der Waals surface area (Å²) in [5, 5.41) is 2.86. The Bertz CT molecular complexity index is 252. The number of carbonyl (C=O) groups excluding carboxylic acids is 1. The molecule has 0 saturated heterocycles. The van der Waals surface area contributed by atoms with Gasteiger partial charge >= 0.3 is 0 Å². The Morgan fingerprint density at radius 1 is 1.38 bits per heavy atom. The highest BCUT2D eigenvalue weighted by molar-refractivity contribution is 6.53. The van der Waals surface area contributed by atoms with Crippen molar-refractivity contribution in [3.05, 3.63) is 12.2 Å². The molecule has 1 amide bonds. The smallest absolute Gasteiger partial charge is 0.253 e. The first-order valence-electron chi connectivity index (χ1n) is 4.43. The molecule has 13 heavy (non-hydrogen) atoms. The highest BCUT2D eigenvalue weighted by Gasteiger charge is 2.36. The lowest BCUT2D eigenvalue weighted by Gasteiger charge is -2.19. The van der Waals surface area contributed by atoms with E-state index in [1.54, 1.807) is 0 Å². The van der Waals surface area contributed by atoms with Gasteiger partial charge in [0.2, 0.25) is 0 Å². The summed E-state index contributed by atoms with van der Waals surface area (Å²) >= 11 is 10.9. The van der Waals surface area contributed by atoms with Crippen LogP contribution in [0, 0.1) is 11.8 Å². The maximum Gasteiger partial charge on any atom is 0.253 e. The van der Waals surface area contributed by atoms with E-state index in [4.69, 9.17) is 23.2 Å². The van der Waals surface area contributed by atoms with E-state index in [-0.39, 0.29) is 11.9 Å². The predicted octanol–water partition coefficient (Wildman–Crippen LogP) is 1.87. The molecule has 1 fully saturated rings. The number of hydrogen-bond acceptors (Lipinski definition) is 1. The van der Waals surface area contributed by atoms with Gasteiger partial charge in [0, 0.05) is 6.04 Å². The molecule has 2 bridgehead atoms. The number of halogens is 2. The minimum Gasteiger partial charge on any atom is -0.350 e. The quantitative estimate of drug-likeness (QED) is 0.558. The van der Waals surface area contributed by atoms with E-state index >= 15 is 0 Å². The normalized spacial score (nSPS) is 35.8. The van der Waals surface area contributed by atoms with Gasteiger partial charge in [0.05, 0.1) is 0 Å². The van der Waals surface area contributed by atoms with Crippen LogP contribution in [0.5, 0.6) is 0 Å². The van der Waals surface area contributed by atoms with Crippen LogP contribution in [0.15, 0.2) is 12.2 Å². The van der Waals surface area contributed by atoms with E-state index in [0.717, 1.165) is 6.42 Å². The van der Waals surface area contributed by atoms with Crippen molar-refractivity contribution in [2.45, 2.75) is 23.7 Å². The van der Waals surface area contributed by atoms with Gasteiger partial charge in [-0.05, 0) is 24.7 Å². The van der Waals surface area contributed by atoms with Crippen LogP contribution in [0.25, 0.3) is 0 Å². The second-order valence-corrected chi connectivity index (χ2v) is 4.79. The van der Waals surface area contributed by atoms with E-state index in [1.807, 2.05) is 0 Å². The van der Waals surface area contributed by atoms with Crippen molar-refractivity contribution in [3.8, 4) is 0 Å². The summed E-state index contributed by atoms with van der Waals surface area (Å²) in [6.07, 6.45) is 6.61.